The number of benzene rings is 10. The fourth-order valence-electron chi connectivity index (χ4n) is 13.1. The Morgan fingerprint density at radius 1 is 0.304 bits per heavy atom. The summed E-state index contributed by atoms with van der Waals surface area (Å²) in [5, 5.41) is 5.12. The van der Waals surface area contributed by atoms with E-state index in [1.165, 1.54) is 144 Å². The van der Waals surface area contributed by atoms with Gasteiger partial charge in [0.1, 0.15) is 0 Å². The van der Waals surface area contributed by atoms with Gasteiger partial charge in [0, 0.05) is 43.7 Å². The van der Waals surface area contributed by atoms with Crippen molar-refractivity contribution in [1.29, 1.82) is 0 Å². The minimum absolute atomic E-state index is 0.0950. The van der Waals surface area contributed by atoms with Crippen molar-refractivity contribution in [2.24, 2.45) is 0 Å². The Kier molecular flexibility index (Phi) is 7.72. The fourth-order valence-corrected chi connectivity index (χ4v) is 13.1. The van der Waals surface area contributed by atoms with Gasteiger partial charge in [-0.1, -0.05) is 149 Å². The first-order chi connectivity index (χ1) is 33.7. The summed E-state index contributed by atoms with van der Waals surface area (Å²) >= 11 is 0. The zero-order valence-corrected chi connectivity index (χ0v) is 39.2. The van der Waals surface area contributed by atoms with E-state index in [2.05, 4.69) is 243 Å². The molecule has 326 valence electrons. The third-order valence-electron chi connectivity index (χ3n) is 16.5. The first-order valence-corrected chi connectivity index (χ1v) is 24.5. The van der Waals surface area contributed by atoms with Crippen molar-refractivity contribution in [3.8, 4) is 67.0 Å². The maximum Gasteiger partial charge on any atom is 0.0544 e. The van der Waals surface area contributed by atoms with E-state index in [9.17, 15) is 0 Å². The second-order valence-electron chi connectivity index (χ2n) is 20.9. The maximum atomic E-state index is 2.50. The summed E-state index contributed by atoms with van der Waals surface area (Å²) < 4.78 is 4.97. The molecule has 0 saturated carbocycles. The molecule has 0 aliphatic heterocycles. The third-order valence-corrected chi connectivity index (χ3v) is 16.5. The van der Waals surface area contributed by atoms with Crippen LogP contribution in [-0.4, -0.2) is 9.13 Å². The van der Waals surface area contributed by atoms with Gasteiger partial charge in [0.2, 0.25) is 0 Å². The van der Waals surface area contributed by atoms with Crippen LogP contribution in [0.25, 0.3) is 111 Å². The zero-order valence-electron chi connectivity index (χ0n) is 39.2. The van der Waals surface area contributed by atoms with Crippen molar-refractivity contribution in [3.63, 3.8) is 0 Å². The number of hydrogen-bond acceptors (Lipinski definition) is 0. The lowest BCUT2D eigenvalue weighted by molar-refractivity contribution is 0.661. The van der Waals surface area contributed by atoms with Crippen molar-refractivity contribution in [2.75, 3.05) is 0 Å². The second-order valence-corrected chi connectivity index (χ2v) is 20.9. The van der Waals surface area contributed by atoms with Crippen molar-refractivity contribution in [2.45, 2.75) is 44.9 Å². The molecular weight excluding hydrogens is 833 g/mol. The van der Waals surface area contributed by atoms with Crippen LogP contribution < -0.4 is 0 Å². The minimum Gasteiger partial charge on any atom is -0.309 e. The largest absolute Gasteiger partial charge is 0.309 e. The molecule has 3 aliphatic carbocycles. The lowest BCUT2D eigenvalue weighted by atomic mass is 9.82. The fraction of sp³-hybridized carbons (Fsp3) is 0.104. The lowest BCUT2D eigenvalue weighted by Crippen LogP contribution is -2.14. The van der Waals surface area contributed by atoms with Crippen LogP contribution in [0, 0.1) is 0 Å². The maximum absolute atomic E-state index is 2.50. The van der Waals surface area contributed by atoms with E-state index in [-0.39, 0.29) is 10.8 Å². The van der Waals surface area contributed by atoms with Gasteiger partial charge in [0.25, 0.3) is 0 Å². The highest BCUT2D eigenvalue weighted by atomic mass is 15.0. The van der Waals surface area contributed by atoms with E-state index in [4.69, 9.17) is 0 Å². The summed E-state index contributed by atoms with van der Waals surface area (Å²) in [7, 11) is 0. The zero-order chi connectivity index (χ0) is 45.9. The molecule has 0 bridgehead atoms. The van der Waals surface area contributed by atoms with Crippen molar-refractivity contribution >= 4 is 43.6 Å². The van der Waals surface area contributed by atoms with E-state index in [0.717, 1.165) is 6.42 Å². The average molecular weight is 881 g/mol. The Morgan fingerprint density at radius 3 is 1.32 bits per heavy atom. The minimum atomic E-state index is -0.0961. The molecule has 0 saturated heterocycles. The number of nitrogens with zero attached hydrogens (tertiary/aromatic N) is 2. The van der Waals surface area contributed by atoms with Gasteiger partial charge < -0.3 is 9.13 Å². The van der Waals surface area contributed by atoms with Crippen molar-refractivity contribution in [1.82, 2.24) is 9.13 Å². The molecule has 2 aromatic heterocycles. The molecule has 0 N–H and O–H groups in total. The first kappa shape index (κ1) is 38.9. The normalized spacial score (nSPS) is 14.6. The van der Waals surface area contributed by atoms with E-state index < -0.39 is 0 Å². The van der Waals surface area contributed by atoms with Gasteiger partial charge in [-0.15, -0.1) is 0 Å². The molecular formula is C67H48N2. The molecule has 15 rings (SSSR count). The predicted molar refractivity (Wildman–Crippen MR) is 289 cm³/mol. The smallest absolute Gasteiger partial charge is 0.0544 e. The molecule has 2 heteroatoms. The molecule has 2 heterocycles. The molecule has 0 amide bonds. The number of aromatic nitrogens is 2. The van der Waals surface area contributed by atoms with Crippen LogP contribution in [-0.2, 0) is 17.3 Å². The van der Waals surface area contributed by atoms with E-state index in [0.29, 0.717) is 0 Å². The summed E-state index contributed by atoms with van der Waals surface area (Å²) in [5.74, 6) is 0. The van der Waals surface area contributed by atoms with Crippen LogP contribution in [0.3, 0.4) is 0 Å². The molecule has 0 fully saturated rings. The average Bonchev–Trinajstić information content (AvgIpc) is 4.14. The molecule has 3 aliphatic rings. The lowest BCUT2D eigenvalue weighted by Gasteiger charge is -2.21. The van der Waals surface area contributed by atoms with Crippen molar-refractivity contribution in [3.05, 3.63) is 240 Å². The van der Waals surface area contributed by atoms with Crippen LogP contribution in [0.2, 0.25) is 0 Å². The van der Waals surface area contributed by atoms with Gasteiger partial charge in [-0.2, -0.15) is 0 Å². The van der Waals surface area contributed by atoms with Crippen LogP contribution in [0.5, 0.6) is 0 Å². The first-order valence-electron chi connectivity index (χ1n) is 24.5. The molecule has 0 spiro atoms. The highest BCUT2D eigenvalue weighted by Crippen LogP contribution is 2.54. The SMILES string of the molecule is CC1(C)c2ccccc2-c2cc3c4cc(-c5cc(-c6ccc7c(c6)c6cc8c(cc6n7-c6ccccc6)C(C)(C)c6ccccc6-8)c6c(c5)-c5ccccc5C6)ccc4n(-c4ccccc4)c3cc21. The second kappa shape index (κ2) is 13.7. The Labute approximate surface area is 402 Å². The molecule has 10 aromatic carbocycles. The number of hydrogen-bond donors (Lipinski definition) is 0. The van der Waals surface area contributed by atoms with E-state index >= 15 is 0 Å². The summed E-state index contributed by atoms with van der Waals surface area (Å²) in [6.07, 6.45) is 0.914. The number of rotatable bonds is 4. The van der Waals surface area contributed by atoms with Gasteiger partial charge in [0.15, 0.2) is 0 Å². The van der Waals surface area contributed by atoms with Gasteiger partial charge >= 0.3 is 0 Å². The van der Waals surface area contributed by atoms with E-state index in [1.54, 1.807) is 0 Å². The quantitative estimate of drug-likeness (QED) is 0.167. The van der Waals surface area contributed by atoms with Gasteiger partial charge in [-0.05, 0) is 180 Å². The standard InChI is InChI=1S/C67H48N2/c1-66(2)58-25-15-13-23-47(58)52-36-56-54-31-40(27-29-62(54)68(64(56)38-60(52)66)44-18-7-5-8-19-44)43-34-49(51-32-41-17-11-12-22-46(41)50(51)35-43)42-28-30-63-55(33-42)57-37-53-48-24-14-16-26-59(48)67(3,4)61(53)39-65(57)69(63)45-20-9-6-10-21-45/h5-31,33-39H,32H2,1-4H3. The Bertz CT molecular complexity index is 4190. The van der Waals surface area contributed by atoms with Crippen molar-refractivity contribution < 1.29 is 0 Å². The van der Waals surface area contributed by atoms with E-state index in [1.807, 2.05) is 0 Å². The van der Waals surface area contributed by atoms with Crippen LogP contribution in [0.4, 0.5) is 0 Å². The van der Waals surface area contributed by atoms with Gasteiger partial charge in [0.05, 0.1) is 22.1 Å². The number of para-hydroxylation sites is 2. The molecule has 69 heavy (non-hydrogen) atoms. The third kappa shape index (κ3) is 5.26. The Hall–Kier alpha value is -8.20. The summed E-state index contributed by atoms with van der Waals surface area (Å²) in [5.41, 5.74) is 28.6. The highest BCUT2D eigenvalue weighted by Gasteiger charge is 2.38. The molecule has 2 nitrogen and oxygen atoms in total. The predicted octanol–water partition coefficient (Wildman–Crippen LogP) is 17.4. The molecule has 0 atom stereocenters. The number of fused-ring (bicyclic) bond motifs is 15. The van der Waals surface area contributed by atoms with Gasteiger partial charge in [-0.25, -0.2) is 0 Å². The Morgan fingerprint density at radius 2 is 0.754 bits per heavy atom. The van der Waals surface area contributed by atoms with Crippen LogP contribution >= 0.6 is 0 Å². The highest BCUT2D eigenvalue weighted by molar-refractivity contribution is 6.14. The summed E-state index contributed by atoms with van der Waals surface area (Å²) in [4.78, 5) is 0. The summed E-state index contributed by atoms with van der Waals surface area (Å²) in [6.45, 7) is 9.53. The molecule has 12 aromatic rings. The topological polar surface area (TPSA) is 9.86 Å². The van der Waals surface area contributed by atoms with Gasteiger partial charge in [-0.3, -0.25) is 0 Å². The Balaban J connectivity index is 0.969. The van der Waals surface area contributed by atoms with Crippen LogP contribution in [0.15, 0.2) is 206 Å². The molecule has 0 unspecified atom stereocenters. The molecule has 0 radical (unpaired) electrons. The monoisotopic (exact) mass is 880 g/mol. The summed E-state index contributed by atoms with van der Waals surface area (Å²) in [6, 6.07) is 78.2. The van der Waals surface area contributed by atoms with Crippen LogP contribution in [0.1, 0.15) is 61.1 Å².